The van der Waals surface area contributed by atoms with Gasteiger partial charge in [-0.15, -0.1) is 0 Å². The van der Waals surface area contributed by atoms with Gasteiger partial charge in [-0.2, -0.15) is 0 Å². The lowest BCUT2D eigenvalue weighted by Crippen LogP contribution is -2.21. The molecule has 0 amide bonds. The van der Waals surface area contributed by atoms with Gasteiger partial charge in [-0.05, 0) is 31.1 Å². The molecule has 1 aliphatic carbocycles. The Balaban J connectivity index is 1.98. The smallest absolute Gasteiger partial charge is 0.157 e. The summed E-state index contributed by atoms with van der Waals surface area (Å²) in [6.45, 7) is 2.11. The first-order valence-electron chi connectivity index (χ1n) is 5.57. The molecular formula is C11H20O3. The molecule has 2 fully saturated rings. The molecule has 0 aromatic rings. The Morgan fingerprint density at radius 3 is 2.79 bits per heavy atom. The van der Waals surface area contributed by atoms with E-state index in [1.165, 1.54) is 0 Å². The normalized spacial score (nSPS) is 48.6. The van der Waals surface area contributed by atoms with Gasteiger partial charge in [0.05, 0.1) is 12.2 Å². The van der Waals surface area contributed by atoms with E-state index in [4.69, 9.17) is 9.47 Å². The minimum Gasteiger partial charge on any atom is -0.393 e. The molecule has 1 unspecified atom stereocenters. The third-order valence-electron chi connectivity index (χ3n) is 3.70. The summed E-state index contributed by atoms with van der Waals surface area (Å²) in [6, 6.07) is 0. The van der Waals surface area contributed by atoms with Crippen LogP contribution in [0.4, 0.5) is 0 Å². The van der Waals surface area contributed by atoms with Crippen molar-refractivity contribution in [2.45, 2.75) is 51.1 Å². The first-order chi connectivity index (χ1) is 6.70. The van der Waals surface area contributed by atoms with Gasteiger partial charge in [0.15, 0.2) is 6.29 Å². The average Bonchev–Trinajstić information content (AvgIpc) is 2.51. The summed E-state index contributed by atoms with van der Waals surface area (Å²) in [4.78, 5) is 0. The molecule has 2 rings (SSSR count). The fourth-order valence-corrected chi connectivity index (χ4v) is 2.66. The Labute approximate surface area is 85.4 Å². The molecule has 0 aromatic carbocycles. The molecule has 2 aliphatic rings. The zero-order valence-electron chi connectivity index (χ0n) is 8.98. The average molecular weight is 200 g/mol. The Kier molecular flexibility index (Phi) is 3.10. The number of hydrogen-bond donors (Lipinski definition) is 1. The van der Waals surface area contributed by atoms with E-state index in [0.29, 0.717) is 17.9 Å². The van der Waals surface area contributed by atoms with Gasteiger partial charge < -0.3 is 14.6 Å². The van der Waals surface area contributed by atoms with Crippen molar-refractivity contribution < 1.29 is 14.6 Å². The molecule has 0 bridgehead atoms. The van der Waals surface area contributed by atoms with Crippen LogP contribution in [0.5, 0.6) is 0 Å². The van der Waals surface area contributed by atoms with E-state index < -0.39 is 0 Å². The van der Waals surface area contributed by atoms with Gasteiger partial charge in [-0.3, -0.25) is 0 Å². The number of fused-ring (bicyclic) bond motifs is 1. The predicted molar refractivity (Wildman–Crippen MR) is 52.8 cm³/mol. The van der Waals surface area contributed by atoms with E-state index in [1.807, 2.05) is 0 Å². The van der Waals surface area contributed by atoms with E-state index in [0.717, 1.165) is 25.7 Å². The maximum Gasteiger partial charge on any atom is 0.157 e. The highest BCUT2D eigenvalue weighted by Gasteiger charge is 2.39. The van der Waals surface area contributed by atoms with Crippen LogP contribution in [0, 0.1) is 11.8 Å². The highest BCUT2D eigenvalue weighted by molar-refractivity contribution is 4.86. The number of ether oxygens (including phenoxy) is 2. The largest absolute Gasteiger partial charge is 0.393 e. The van der Waals surface area contributed by atoms with Crippen LogP contribution in [0.15, 0.2) is 0 Å². The summed E-state index contributed by atoms with van der Waals surface area (Å²) in [6.07, 6.45) is 4.15. The molecule has 0 radical (unpaired) electrons. The summed E-state index contributed by atoms with van der Waals surface area (Å²) in [5, 5.41) is 9.75. The van der Waals surface area contributed by atoms with E-state index in [1.54, 1.807) is 7.11 Å². The van der Waals surface area contributed by atoms with Crippen LogP contribution in [0.3, 0.4) is 0 Å². The Hall–Kier alpha value is -0.120. The summed E-state index contributed by atoms with van der Waals surface area (Å²) >= 11 is 0. The van der Waals surface area contributed by atoms with Crippen molar-refractivity contribution in [3.8, 4) is 0 Å². The number of aliphatic hydroxyl groups excluding tert-OH is 1. The van der Waals surface area contributed by atoms with Gasteiger partial charge in [-0.25, -0.2) is 0 Å². The molecular weight excluding hydrogens is 180 g/mol. The lowest BCUT2D eigenvalue weighted by atomic mass is 9.95. The second-order valence-corrected chi connectivity index (χ2v) is 4.69. The molecule has 82 valence electrons. The lowest BCUT2D eigenvalue weighted by Gasteiger charge is -2.19. The molecule has 1 heterocycles. The number of methoxy groups -OCH3 is 1. The molecule has 0 aromatic heterocycles. The zero-order valence-corrected chi connectivity index (χ0v) is 8.98. The second kappa shape index (κ2) is 4.17. The van der Waals surface area contributed by atoms with Crippen LogP contribution >= 0.6 is 0 Å². The van der Waals surface area contributed by atoms with Crippen molar-refractivity contribution >= 4 is 0 Å². The van der Waals surface area contributed by atoms with Crippen LogP contribution in [-0.4, -0.2) is 30.7 Å². The van der Waals surface area contributed by atoms with Crippen molar-refractivity contribution in [1.82, 2.24) is 0 Å². The van der Waals surface area contributed by atoms with E-state index in [9.17, 15) is 5.11 Å². The predicted octanol–water partition coefficient (Wildman–Crippen LogP) is 1.54. The minimum atomic E-state index is -0.134. The van der Waals surface area contributed by atoms with E-state index in [2.05, 4.69) is 6.92 Å². The second-order valence-electron chi connectivity index (χ2n) is 4.69. The van der Waals surface area contributed by atoms with Crippen LogP contribution in [0.1, 0.15) is 32.6 Å². The fraction of sp³-hybridized carbons (Fsp3) is 1.00. The molecule has 5 atom stereocenters. The third kappa shape index (κ3) is 1.95. The van der Waals surface area contributed by atoms with Crippen molar-refractivity contribution in [1.29, 1.82) is 0 Å². The Morgan fingerprint density at radius 1 is 1.29 bits per heavy atom. The van der Waals surface area contributed by atoms with Crippen molar-refractivity contribution in [2.75, 3.05) is 7.11 Å². The first-order valence-corrected chi connectivity index (χ1v) is 5.57. The standard InChI is InChI=1S/C11H20O3/c1-7-5-10-8(3-4-9(7)12)6-11(13-2)14-10/h7-12H,3-6H2,1-2H3/t7-,8+,9-,10+,11?/m0/s1. The van der Waals surface area contributed by atoms with E-state index in [-0.39, 0.29) is 12.4 Å². The van der Waals surface area contributed by atoms with Gasteiger partial charge in [0, 0.05) is 13.5 Å². The maximum absolute atomic E-state index is 9.75. The molecule has 0 spiro atoms. The summed E-state index contributed by atoms with van der Waals surface area (Å²) < 4.78 is 11.0. The SMILES string of the molecule is COC1C[C@H]2CC[C@H](O)[C@@H](C)C[C@H]2O1. The summed E-state index contributed by atoms with van der Waals surface area (Å²) in [5.41, 5.74) is 0. The molecule has 3 nitrogen and oxygen atoms in total. The monoisotopic (exact) mass is 200 g/mol. The lowest BCUT2D eigenvalue weighted by molar-refractivity contribution is -0.120. The fourth-order valence-electron chi connectivity index (χ4n) is 2.66. The van der Waals surface area contributed by atoms with Crippen LogP contribution < -0.4 is 0 Å². The van der Waals surface area contributed by atoms with Crippen LogP contribution in [-0.2, 0) is 9.47 Å². The summed E-state index contributed by atoms with van der Waals surface area (Å²) in [5.74, 6) is 0.958. The van der Waals surface area contributed by atoms with E-state index >= 15 is 0 Å². The number of aliphatic hydroxyl groups is 1. The molecule has 1 saturated carbocycles. The quantitative estimate of drug-likeness (QED) is 0.698. The van der Waals surface area contributed by atoms with Crippen molar-refractivity contribution in [2.24, 2.45) is 11.8 Å². The molecule has 1 saturated heterocycles. The molecule has 14 heavy (non-hydrogen) atoms. The third-order valence-corrected chi connectivity index (χ3v) is 3.70. The van der Waals surface area contributed by atoms with Gasteiger partial charge in [-0.1, -0.05) is 6.92 Å². The van der Waals surface area contributed by atoms with Crippen molar-refractivity contribution in [3.05, 3.63) is 0 Å². The Bertz CT molecular complexity index is 195. The van der Waals surface area contributed by atoms with Gasteiger partial charge in [0.1, 0.15) is 0 Å². The van der Waals surface area contributed by atoms with Gasteiger partial charge in [0.25, 0.3) is 0 Å². The summed E-state index contributed by atoms with van der Waals surface area (Å²) in [7, 11) is 1.70. The highest BCUT2D eigenvalue weighted by atomic mass is 16.7. The highest BCUT2D eigenvalue weighted by Crippen LogP contribution is 2.38. The van der Waals surface area contributed by atoms with Crippen LogP contribution in [0.25, 0.3) is 0 Å². The first kappa shape index (κ1) is 10.4. The van der Waals surface area contributed by atoms with Gasteiger partial charge >= 0.3 is 0 Å². The van der Waals surface area contributed by atoms with Crippen molar-refractivity contribution in [3.63, 3.8) is 0 Å². The van der Waals surface area contributed by atoms with Gasteiger partial charge in [0.2, 0.25) is 0 Å². The number of hydrogen-bond acceptors (Lipinski definition) is 3. The molecule has 1 N–H and O–H groups in total. The maximum atomic E-state index is 9.75. The Morgan fingerprint density at radius 2 is 2.07 bits per heavy atom. The topological polar surface area (TPSA) is 38.7 Å². The molecule has 3 heteroatoms. The minimum absolute atomic E-state index is 0.00700. The molecule has 1 aliphatic heterocycles. The zero-order chi connectivity index (χ0) is 10.1. The number of rotatable bonds is 1. The van der Waals surface area contributed by atoms with Crippen LogP contribution in [0.2, 0.25) is 0 Å².